The maximum atomic E-state index is 8.70. The largest absolute Gasteiger partial charge is 0.505 e. The highest BCUT2D eigenvalue weighted by atomic mass is 16.5. The average molecular weight is 114 g/mol. The summed E-state index contributed by atoms with van der Waals surface area (Å²) in [5, 5.41) is 8.70. The van der Waals surface area contributed by atoms with Crippen LogP contribution in [0.3, 0.4) is 0 Å². The lowest BCUT2D eigenvalue weighted by Gasteiger charge is -1.87. The lowest BCUT2D eigenvalue weighted by Crippen LogP contribution is -1.74. The number of allylic oxidation sites excluding steroid dienone is 2. The highest BCUT2D eigenvalue weighted by Gasteiger charge is 1.78. The fraction of sp³-hybridized carbons (Fsp3) is 0.333. The maximum Gasteiger partial charge on any atom is 0.149 e. The van der Waals surface area contributed by atoms with Crippen LogP contribution in [0.1, 0.15) is 6.92 Å². The molecule has 2 heteroatoms. The van der Waals surface area contributed by atoms with Gasteiger partial charge >= 0.3 is 0 Å². The molecule has 0 aliphatic carbocycles. The molecule has 0 rings (SSSR count). The molecule has 8 heavy (non-hydrogen) atoms. The summed E-state index contributed by atoms with van der Waals surface area (Å²) in [5.74, 6) is 0.134. The van der Waals surface area contributed by atoms with E-state index in [2.05, 4.69) is 4.74 Å². The maximum absolute atomic E-state index is 8.70. The van der Waals surface area contributed by atoms with Crippen molar-refractivity contribution in [2.45, 2.75) is 6.92 Å². The van der Waals surface area contributed by atoms with E-state index < -0.39 is 0 Å². The van der Waals surface area contributed by atoms with Gasteiger partial charge in [0.1, 0.15) is 12.0 Å². The summed E-state index contributed by atoms with van der Waals surface area (Å²) in [6.07, 6.45) is 4.54. The van der Waals surface area contributed by atoms with Gasteiger partial charge in [0.2, 0.25) is 0 Å². The van der Waals surface area contributed by atoms with Gasteiger partial charge in [-0.2, -0.15) is 0 Å². The Morgan fingerprint density at radius 2 is 2.25 bits per heavy atom. The fourth-order valence-corrected chi connectivity index (χ4v) is 0.331. The molecule has 0 heterocycles. The van der Waals surface area contributed by atoms with E-state index in [0.717, 1.165) is 0 Å². The molecule has 0 atom stereocenters. The number of aliphatic hydroxyl groups excluding tert-OH is 1. The third kappa shape index (κ3) is 3.28. The van der Waals surface area contributed by atoms with Gasteiger partial charge in [0.05, 0.1) is 7.11 Å². The van der Waals surface area contributed by atoms with Crippen molar-refractivity contribution >= 4 is 0 Å². The van der Waals surface area contributed by atoms with Crippen LogP contribution < -0.4 is 0 Å². The Kier molecular flexibility index (Phi) is 3.76. The highest BCUT2D eigenvalue weighted by Crippen LogP contribution is 1.88. The van der Waals surface area contributed by atoms with Crippen LogP contribution in [0.15, 0.2) is 24.2 Å². The van der Waals surface area contributed by atoms with E-state index in [-0.39, 0.29) is 5.76 Å². The third-order valence-corrected chi connectivity index (χ3v) is 0.576. The van der Waals surface area contributed by atoms with E-state index in [9.17, 15) is 0 Å². The Hall–Kier alpha value is -0.920. The zero-order valence-electron chi connectivity index (χ0n) is 5.09. The Morgan fingerprint density at radius 1 is 1.62 bits per heavy atom. The van der Waals surface area contributed by atoms with Crippen LogP contribution in [0, 0.1) is 0 Å². The van der Waals surface area contributed by atoms with Gasteiger partial charge in [-0.1, -0.05) is 6.08 Å². The minimum absolute atomic E-state index is 0.134. The summed E-state index contributed by atoms with van der Waals surface area (Å²) < 4.78 is 4.49. The SMILES string of the molecule is C/C=C\C(O)=COC. The van der Waals surface area contributed by atoms with Crippen LogP contribution in [0.5, 0.6) is 0 Å². The molecule has 0 aromatic heterocycles. The second-order valence-corrected chi connectivity index (χ2v) is 1.28. The summed E-state index contributed by atoms with van der Waals surface area (Å²) in [4.78, 5) is 0. The van der Waals surface area contributed by atoms with Gasteiger partial charge in [-0.15, -0.1) is 0 Å². The molecule has 1 N–H and O–H groups in total. The molecule has 2 nitrogen and oxygen atoms in total. The van der Waals surface area contributed by atoms with Crippen LogP contribution in [0.25, 0.3) is 0 Å². The van der Waals surface area contributed by atoms with Crippen molar-refractivity contribution in [1.82, 2.24) is 0 Å². The van der Waals surface area contributed by atoms with Gasteiger partial charge in [-0.25, -0.2) is 0 Å². The van der Waals surface area contributed by atoms with Crippen molar-refractivity contribution in [1.29, 1.82) is 0 Å². The van der Waals surface area contributed by atoms with E-state index in [4.69, 9.17) is 5.11 Å². The molecule has 0 fully saturated rings. The number of hydrogen-bond donors (Lipinski definition) is 1. The normalized spacial score (nSPS) is 12.5. The van der Waals surface area contributed by atoms with E-state index in [1.807, 2.05) is 6.92 Å². The first-order chi connectivity index (χ1) is 3.81. The standard InChI is InChI=1S/C6H10O2/c1-3-4-6(7)5-8-2/h3-5,7H,1-2H3/b4-3-,6-5?. The van der Waals surface area contributed by atoms with E-state index in [1.165, 1.54) is 13.4 Å². The number of hydrogen-bond acceptors (Lipinski definition) is 2. The van der Waals surface area contributed by atoms with Crippen molar-refractivity contribution in [3.63, 3.8) is 0 Å². The lowest BCUT2D eigenvalue weighted by atomic mass is 10.5. The van der Waals surface area contributed by atoms with Crippen LogP contribution in [0.2, 0.25) is 0 Å². The van der Waals surface area contributed by atoms with Gasteiger partial charge in [-0.05, 0) is 13.0 Å². The van der Waals surface area contributed by atoms with E-state index in [0.29, 0.717) is 0 Å². The highest BCUT2D eigenvalue weighted by molar-refractivity contribution is 5.06. The van der Waals surface area contributed by atoms with Gasteiger partial charge in [-0.3, -0.25) is 0 Å². The van der Waals surface area contributed by atoms with E-state index >= 15 is 0 Å². The van der Waals surface area contributed by atoms with Gasteiger partial charge in [0.15, 0.2) is 0 Å². The molecule has 0 aliphatic heterocycles. The Bertz CT molecular complexity index is 103. The first-order valence-electron chi connectivity index (χ1n) is 2.36. The zero-order chi connectivity index (χ0) is 6.41. The number of methoxy groups -OCH3 is 1. The second kappa shape index (κ2) is 4.24. The summed E-state index contributed by atoms with van der Waals surface area (Å²) in [7, 11) is 1.49. The molecule has 0 bridgehead atoms. The van der Waals surface area contributed by atoms with Gasteiger partial charge in [0, 0.05) is 0 Å². The van der Waals surface area contributed by atoms with Crippen LogP contribution in [0.4, 0.5) is 0 Å². The predicted octanol–water partition coefficient (Wildman–Crippen LogP) is 1.61. The van der Waals surface area contributed by atoms with Crippen molar-refractivity contribution in [2.24, 2.45) is 0 Å². The Morgan fingerprint density at radius 3 is 2.62 bits per heavy atom. The number of rotatable bonds is 2. The van der Waals surface area contributed by atoms with Crippen molar-refractivity contribution in [3.05, 3.63) is 24.2 Å². The molecule has 0 unspecified atom stereocenters. The Balaban J connectivity index is 3.61. The molecular weight excluding hydrogens is 104 g/mol. The smallest absolute Gasteiger partial charge is 0.149 e. The molecule has 0 radical (unpaired) electrons. The van der Waals surface area contributed by atoms with Gasteiger partial charge < -0.3 is 9.84 Å². The monoisotopic (exact) mass is 114 g/mol. The average Bonchev–Trinajstić information content (AvgIpc) is 1.68. The van der Waals surface area contributed by atoms with Crippen molar-refractivity contribution in [3.8, 4) is 0 Å². The topological polar surface area (TPSA) is 29.5 Å². The molecule has 0 amide bonds. The Labute approximate surface area is 49.1 Å². The molecule has 0 saturated carbocycles. The van der Waals surface area contributed by atoms with Crippen LogP contribution in [-0.2, 0) is 4.74 Å². The summed E-state index contributed by atoms with van der Waals surface area (Å²) in [6, 6.07) is 0. The molecule has 0 spiro atoms. The summed E-state index contributed by atoms with van der Waals surface area (Å²) >= 11 is 0. The van der Waals surface area contributed by atoms with E-state index in [1.54, 1.807) is 12.2 Å². The summed E-state index contributed by atoms with van der Waals surface area (Å²) in [5.41, 5.74) is 0. The quantitative estimate of drug-likeness (QED) is 0.436. The number of ether oxygens (including phenoxy) is 1. The predicted molar refractivity (Wildman–Crippen MR) is 32.5 cm³/mol. The fourth-order valence-electron chi connectivity index (χ4n) is 0.331. The molecule has 0 aromatic carbocycles. The van der Waals surface area contributed by atoms with Crippen LogP contribution in [-0.4, -0.2) is 12.2 Å². The molecule has 0 aromatic rings. The lowest BCUT2D eigenvalue weighted by molar-refractivity contribution is 0.304. The van der Waals surface area contributed by atoms with Gasteiger partial charge in [0.25, 0.3) is 0 Å². The van der Waals surface area contributed by atoms with Crippen LogP contribution >= 0.6 is 0 Å². The third-order valence-electron chi connectivity index (χ3n) is 0.576. The molecule has 0 aliphatic rings. The molecular formula is C6H10O2. The first-order valence-corrected chi connectivity index (χ1v) is 2.36. The number of aliphatic hydroxyl groups is 1. The second-order valence-electron chi connectivity index (χ2n) is 1.28. The minimum atomic E-state index is 0.134. The first kappa shape index (κ1) is 7.08. The minimum Gasteiger partial charge on any atom is -0.505 e. The zero-order valence-corrected chi connectivity index (χ0v) is 5.09. The molecule has 46 valence electrons. The van der Waals surface area contributed by atoms with Crippen molar-refractivity contribution in [2.75, 3.05) is 7.11 Å². The molecule has 0 saturated heterocycles. The summed E-state index contributed by atoms with van der Waals surface area (Å²) in [6.45, 7) is 1.82. The van der Waals surface area contributed by atoms with Crippen molar-refractivity contribution < 1.29 is 9.84 Å².